The fraction of sp³-hybridized carbons (Fsp3) is 0.391. The van der Waals surface area contributed by atoms with E-state index in [1.165, 1.54) is 0 Å². The first kappa shape index (κ1) is 20.5. The standard InChI is InChI=1S/C23H24Cl2N4O2/c1-30-19-12-15-17(13-20(19)31-2)26-22(14-6-7-14)27-23(15)29-10-8-28(9-11-29)18-5-3-4-16(24)21(18)25/h3-5,12-14H,6-11H2,1-2H3. The first-order valence-corrected chi connectivity index (χ1v) is 11.2. The normalized spacial score (nSPS) is 16.6. The van der Waals surface area contributed by atoms with Gasteiger partial charge in [0.1, 0.15) is 11.6 Å². The number of piperazine rings is 1. The van der Waals surface area contributed by atoms with Gasteiger partial charge in [-0.15, -0.1) is 0 Å². The molecule has 31 heavy (non-hydrogen) atoms. The van der Waals surface area contributed by atoms with Crippen molar-refractivity contribution in [2.24, 2.45) is 0 Å². The van der Waals surface area contributed by atoms with Gasteiger partial charge in [0.25, 0.3) is 0 Å². The molecule has 8 heteroatoms. The highest BCUT2D eigenvalue weighted by Gasteiger charge is 2.30. The summed E-state index contributed by atoms with van der Waals surface area (Å²) in [6, 6.07) is 9.72. The number of halogens is 2. The number of rotatable bonds is 5. The van der Waals surface area contributed by atoms with Crippen molar-refractivity contribution in [3.63, 3.8) is 0 Å². The van der Waals surface area contributed by atoms with Gasteiger partial charge in [-0.05, 0) is 31.0 Å². The largest absolute Gasteiger partial charge is 0.493 e. The van der Waals surface area contributed by atoms with Crippen molar-refractivity contribution in [2.45, 2.75) is 18.8 Å². The van der Waals surface area contributed by atoms with Gasteiger partial charge < -0.3 is 19.3 Å². The first-order valence-electron chi connectivity index (χ1n) is 10.5. The van der Waals surface area contributed by atoms with Crippen LogP contribution in [0.4, 0.5) is 11.5 Å². The summed E-state index contributed by atoms with van der Waals surface area (Å²) in [7, 11) is 3.30. The first-order chi connectivity index (χ1) is 15.1. The SMILES string of the molecule is COc1cc2nc(C3CC3)nc(N3CCN(c4cccc(Cl)c4Cl)CC3)c2cc1OC. The highest BCUT2D eigenvalue weighted by atomic mass is 35.5. The second kappa shape index (κ2) is 8.24. The van der Waals surface area contributed by atoms with Crippen LogP contribution in [0.15, 0.2) is 30.3 Å². The van der Waals surface area contributed by atoms with Gasteiger partial charge in [-0.25, -0.2) is 9.97 Å². The predicted molar refractivity (Wildman–Crippen MR) is 126 cm³/mol. The number of benzene rings is 2. The zero-order chi connectivity index (χ0) is 21.5. The Morgan fingerprint density at radius 2 is 1.58 bits per heavy atom. The molecule has 1 aliphatic heterocycles. The molecule has 0 unspecified atom stereocenters. The molecule has 2 fully saturated rings. The van der Waals surface area contributed by atoms with E-state index in [0.29, 0.717) is 27.5 Å². The molecular weight excluding hydrogens is 435 g/mol. The van der Waals surface area contributed by atoms with Crippen LogP contribution >= 0.6 is 23.2 Å². The summed E-state index contributed by atoms with van der Waals surface area (Å²) in [5, 5.41) is 2.17. The monoisotopic (exact) mass is 458 g/mol. The van der Waals surface area contributed by atoms with E-state index in [1.807, 2.05) is 30.3 Å². The van der Waals surface area contributed by atoms with Crippen molar-refractivity contribution in [2.75, 3.05) is 50.2 Å². The predicted octanol–water partition coefficient (Wildman–Crippen LogP) is 5.16. The van der Waals surface area contributed by atoms with Crippen LogP contribution in [0.25, 0.3) is 10.9 Å². The van der Waals surface area contributed by atoms with Crippen LogP contribution in [0.2, 0.25) is 10.0 Å². The van der Waals surface area contributed by atoms with Gasteiger partial charge in [0.05, 0.1) is 35.5 Å². The average molecular weight is 459 g/mol. The Morgan fingerprint density at radius 1 is 0.903 bits per heavy atom. The second-order valence-electron chi connectivity index (χ2n) is 7.95. The van der Waals surface area contributed by atoms with E-state index in [-0.39, 0.29) is 0 Å². The van der Waals surface area contributed by atoms with Gasteiger partial charge in [-0.3, -0.25) is 0 Å². The number of hydrogen-bond acceptors (Lipinski definition) is 6. The molecule has 0 bridgehead atoms. The Labute approximate surface area is 191 Å². The molecule has 6 nitrogen and oxygen atoms in total. The van der Waals surface area contributed by atoms with Crippen LogP contribution in [0.5, 0.6) is 11.5 Å². The Kier molecular flexibility index (Phi) is 5.44. The molecule has 0 amide bonds. The van der Waals surface area contributed by atoms with Crippen molar-refractivity contribution in [3.8, 4) is 11.5 Å². The van der Waals surface area contributed by atoms with Gasteiger partial charge in [-0.2, -0.15) is 0 Å². The number of aromatic nitrogens is 2. The average Bonchev–Trinajstić information content (AvgIpc) is 3.65. The molecular formula is C23H24Cl2N4O2. The van der Waals surface area contributed by atoms with Gasteiger partial charge in [0.2, 0.25) is 0 Å². The fourth-order valence-electron chi connectivity index (χ4n) is 4.12. The summed E-state index contributed by atoms with van der Waals surface area (Å²) in [5.74, 6) is 3.72. The van der Waals surface area contributed by atoms with Crippen LogP contribution in [-0.4, -0.2) is 50.4 Å². The number of fused-ring (bicyclic) bond motifs is 1. The summed E-state index contributed by atoms with van der Waals surface area (Å²) < 4.78 is 11.0. The molecule has 0 atom stereocenters. The molecule has 0 N–H and O–H groups in total. The third-order valence-corrected chi connectivity index (χ3v) is 6.80. The summed E-state index contributed by atoms with van der Waals surface area (Å²) in [5.41, 5.74) is 1.87. The minimum absolute atomic E-state index is 0.461. The van der Waals surface area contributed by atoms with Crippen molar-refractivity contribution in [1.29, 1.82) is 0 Å². The maximum Gasteiger partial charge on any atom is 0.162 e. The molecule has 1 saturated carbocycles. The van der Waals surface area contributed by atoms with Crippen LogP contribution in [0.1, 0.15) is 24.6 Å². The van der Waals surface area contributed by atoms with Gasteiger partial charge in [0, 0.05) is 43.5 Å². The second-order valence-corrected chi connectivity index (χ2v) is 8.74. The van der Waals surface area contributed by atoms with Gasteiger partial charge in [-0.1, -0.05) is 29.3 Å². The molecule has 2 heterocycles. The molecule has 1 aromatic heterocycles. The highest BCUT2D eigenvalue weighted by molar-refractivity contribution is 6.43. The smallest absolute Gasteiger partial charge is 0.162 e. The maximum atomic E-state index is 6.45. The van der Waals surface area contributed by atoms with Crippen molar-refractivity contribution < 1.29 is 9.47 Å². The maximum absolute atomic E-state index is 6.45. The van der Waals surface area contributed by atoms with Gasteiger partial charge >= 0.3 is 0 Å². The molecule has 5 rings (SSSR count). The molecule has 1 saturated heterocycles. The lowest BCUT2D eigenvalue weighted by molar-refractivity contribution is 0.355. The van der Waals surface area contributed by atoms with Crippen molar-refractivity contribution >= 4 is 45.6 Å². The Balaban J connectivity index is 1.49. The third-order valence-electron chi connectivity index (χ3n) is 5.99. The summed E-state index contributed by atoms with van der Waals surface area (Å²) in [4.78, 5) is 14.5. The van der Waals surface area contributed by atoms with E-state index >= 15 is 0 Å². The molecule has 2 aromatic carbocycles. The Bertz CT molecular complexity index is 1130. The minimum atomic E-state index is 0.461. The molecule has 3 aromatic rings. The minimum Gasteiger partial charge on any atom is -0.493 e. The lowest BCUT2D eigenvalue weighted by Crippen LogP contribution is -2.47. The molecule has 1 aliphatic carbocycles. The summed E-state index contributed by atoms with van der Waals surface area (Å²) >= 11 is 12.7. The van der Waals surface area contributed by atoms with Crippen molar-refractivity contribution in [1.82, 2.24) is 9.97 Å². The summed E-state index contributed by atoms with van der Waals surface area (Å²) in [6.07, 6.45) is 2.30. The van der Waals surface area contributed by atoms with E-state index in [2.05, 4.69) is 9.80 Å². The van der Waals surface area contributed by atoms with Crippen LogP contribution < -0.4 is 19.3 Å². The lowest BCUT2D eigenvalue weighted by Gasteiger charge is -2.37. The van der Waals surface area contributed by atoms with Gasteiger partial charge in [0.15, 0.2) is 11.5 Å². The quantitative estimate of drug-likeness (QED) is 0.526. The Hall–Kier alpha value is -2.44. The third kappa shape index (κ3) is 3.83. The number of methoxy groups -OCH3 is 2. The van der Waals surface area contributed by atoms with E-state index < -0.39 is 0 Å². The number of ether oxygens (including phenoxy) is 2. The van der Waals surface area contributed by atoms with E-state index in [1.54, 1.807) is 14.2 Å². The van der Waals surface area contributed by atoms with Crippen LogP contribution in [0, 0.1) is 0 Å². The molecule has 162 valence electrons. The van der Waals surface area contributed by atoms with E-state index in [9.17, 15) is 0 Å². The molecule has 2 aliphatic rings. The van der Waals surface area contributed by atoms with Crippen molar-refractivity contribution in [3.05, 3.63) is 46.2 Å². The zero-order valence-electron chi connectivity index (χ0n) is 17.6. The van der Waals surface area contributed by atoms with E-state index in [4.69, 9.17) is 42.6 Å². The summed E-state index contributed by atoms with van der Waals surface area (Å²) in [6.45, 7) is 3.32. The Morgan fingerprint density at radius 3 is 2.26 bits per heavy atom. The highest BCUT2D eigenvalue weighted by Crippen LogP contribution is 2.42. The lowest BCUT2D eigenvalue weighted by atomic mass is 10.1. The fourth-order valence-corrected chi connectivity index (χ4v) is 4.53. The number of anilines is 2. The van der Waals surface area contributed by atoms with Crippen LogP contribution in [-0.2, 0) is 0 Å². The molecule has 0 radical (unpaired) electrons. The van der Waals surface area contributed by atoms with Crippen LogP contribution in [0.3, 0.4) is 0 Å². The molecule has 0 spiro atoms. The number of nitrogens with zero attached hydrogens (tertiary/aromatic N) is 4. The number of hydrogen-bond donors (Lipinski definition) is 0. The zero-order valence-corrected chi connectivity index (χ0v) is 19.1. The topological polar surface area (TPSA) is 50.7 Å². The van der Waals surface area contributed by atoms with E-state index in [0.717, 1.165) is 67.3 Å².